The summed E-state index contributed by atoms with van der Waals surface area (Å²) in [5.41, 5.74) is 2.24. The minimum atomic E-state index is -0.492. The van der Waals surface area contributed by atoms with Crippen LogP contribution in [0.2, 0.25) is 0 Å². The van der Waals surface area contributed by atoms with Gasteiger partial charge in [-0.1, -0.05) is 36.4 Å². The molecule has 0 aliphatic carbocycles. The molecule has 1 fully saturated rings. The van der Waals surface area contributed by atoms with E-state index in [1.54, 1.807) is 4.90 Å². The fourth-order valence-electron chi connectivity index (χ4n) is 3.22. The second kappa shape index (κ2) is 8.01. The van der Waals surface area contributed by atoms with Gasteiger partial charge in [-0.05, 0) is 56.1 Å². The molecule has 2 aliphatic rings. The zero-order valence-corrected chi connectivity index (χ0v) is 15.6. The lowest BCUT2D eigenvalue weighted by Gasteiger charge is -2.35. The summed E-state index contributed by atoms with van der Waals surface area (Å²) in [6.45, 7) is 5.92. The van der Waals surface area contributed by atoms with Crippen molar-refractivity contribution in [3.05, 3.63) is 77.4 Å². The van der Waals surface area contributed by atoms with E-state index in [0.717, 1.165) is 30.2 Å². The average Bonchev–Trinajstić information content (AvgIpc) is 3.08. The molecule has 2 aromatic rings. The predicted molar refractivity (Wildman–Crippen MR) is 103 cm³/mol. The average molecular weight is 370 g/mol. The van der Waals surface area contributed by atoms with Crippen molar-refractivity contribution in [2.75, 3.05) is 13.1 Å². The first kappa shape index (κ1) is 19.2. The van der Waals surface area contributed by atoms with E-state index in [0.29, 0.717) is 11.1 Å². The summed E-state index contributed by atoms with van der Waals surface area (Å²) in [5, 5.41) is 3.28. The highest BCUT2D eigenvalue weighted by atomic mass is 19.1. The van der Waals surface area contributed by atoms with E-state index in [2.05, 4.69) is 19.2 Å². The minimum absolute atomic E-state index is 0.209. The standard InChI is InChI=1S/C17H13F2NO.C5H11N/c18-14-6-7-16(19)15(9-14)13-8-17(20(10-13)11-21)12-4-2-1-3-5-12;1-5(2)3-4-6-5/h1-9,11,17H,10H2;6H,3-4H2,1-2H3. The van der Waals surface area contributed by atoms with Crippen LogP contribution in [0.1, 0.15) is 37.4 Å². The monoisotopic (exact) mass is 370 g/mol. The zero-order chi connectivity index (χ0) is 19.4. The molecular formula is C22H24F2N2O. The summed E-state index contributed by atoms with van der Waals surface area (Å²) in [7, 11) is 0. The van der Waals surface area contributed by atoms with E-state index in [9.17, 15) is 13.6 Å². The van der Waals surface area contributed by atoms with Gasteiger partial charge in [-0.3, -0.25) is 4.79 Å². The summed E-state index contributed by atoms with van der Waals surface area (Å²) in [6.07, 6.45) is 3.88. The van der Waals surface area contributed by atoms with Gasteiger partial charge in [-0.25, -0.2) is 8.78 Å². The Labute approximate surface area is 158 Å². The van der Waals surface area contributed by atoms with Crippen molar-refractivity contribution in [2.24, 2.45) is 0 Å². The number of rotatable bonds is 3. The molecule has 2 aliphatic heterocycles. The fourth-order valence-corrected chi connectivity index (χ4v) is 3.22. The molecule has 0 saturated carbocycles. The van der Waals surface area contributed by atoms with E-state index < -0.39 is 11.6 Å². The van der Waals surface area contributed by atoms with Crippen LogP contribution in [0, 0.1) is 11.6 Å². The third kappa shape index (κ3) is 4.61. The Bertz CT molecular complexity index is 827. The van der Waals surface area contributed by atoms with E-state index in [1.807, 2.05) is 36.4 Å². The minimum Gasteiger partial charge on any atom is -0.330 e. The molecule has 1 amide bonds. The van der Waals surface area contributed by atoms with Crippen molar-refractivity contribution < 1.29 is 13.6 Å². The van der Waals surface area contributed by atoms with Crippen LogP contribution >= 0.6 is 0 Å². The fraction of sp³-hybridized carbons (Fsp3) is 0.318. The van der Waals surface area contributed by atoms with Crippen molar-refractivity contribution in [3.63, 3.8) is 0 Å². The SMILES string of the molecule is CC1(C)CCN1.O=CN1CC(c2cc(F)ccc2F)=CC1c1ccccc1. The highest BCUT2D eigenvalue weighted by Gasteiger charge is 2.27. The number of nitrogens with one attached hydrogen (secondary N) is 1. The van der Waals surface area contributed by atoms with Crippen LogP contribution in [0.4, 0.5) is 8.78 Å². The lowest BCUT2D eigenvalue weighted by atomic mass is 9.93. The second-order valence-electron chi connectivity index (χ2n) is 7.51. The largest absolute Gasteiger partial charge is 0.330 e. The number of halogens is 2. The van der Waals surface area contributed by atoms with Crippen LogP contribution in [0.5, 0.6) is 0 Å². The maximum atomic E-state index is 13.9. The van der Waals surface area contributed by atoms with Gasteiger partial charge in [0.15, 0.2) is 0 Å². The Balaban J connectivity index is 0.000000299. The van der Waals surface area contributed by atoms with Crippen LogP contribution in [0.3, 0.4) is 0 Å². The maximum Gasteiger partial charge on any atom is 0.210 e. The number of nitrogens with zero attached hydrogens (tertiary/aromatic N) is 1. The molecule has 1 atom stereocenters. The highest BCUT2D eigenvalue weighted by molar-refractivity contribution is 5.74. The van der Waals surface area contributed by atoms with Gasteiger partial charge in [0.05, 0.1) is 6.04 Å². The molecule has 2 aromatic carbocycles. The van der Waals surface area contributed by atoms with E-state index in [-0.39, 0.29) is 18.2 Å². The molecule has 0 aromatic heterocycles. The number of benzene rings is 2. The quantitative estimate of drug-likeness (QED) is 0.816. The van der Waals surface area contributed by atoms with Gasteiger partial charge >= 0.3 is 0 Å². The van der Waals surface area contributed by atoms with Gasteiger partial charge in [0.1, 0.15) is 11.6 Å². The first-order valence-corrected chi connectivity index (χ1v) is 9.07. The van der Waals surface area contributed by atoms with Gasteiger partial charge < -0.3 is 10.2 Å². The van der Waals surface area contributed by atoms with Crippen molar-refractivity contribution in [1.29, 1.82) is 0 Å². The number of hydrogen-bond donors (Lipinski definition) is 1. The molecular weight excluding hydrogens is 346 g/mol. The van der Waals surface area contributed by atoms with Crippen LogP contribution in [-0.4, -0.2) is 29.9 Å². The Morgan fingerprint density at radius 1 is 1.15 bits per heavy atom. The van der Waals surface area contributed by atoms with E-state index in [4.69, 9.17) is 0 Å². The van der Waals surface area contributed by atoms with E-state index >= 15 is 0 Å². The first-order valence-electron chi connectivity index (χ1n) is 9.07. The molecule has 5 heteroatoms. The molecule has 0 radical (unpaired) electrons. The van der Waals surface area contributed by atoms with Crippen molar-refractivity contribution in [2.45, 2.75) is 31.8 Å². The van der Waals surface area contributed by atoms with Crippen LogP contribution in [-0.2, 0) is 4.79 Å². The van der Waals surface area contributed by atoms with E-state index in [1.165, 1.54) is 13.0 Å². The molecule has 1 saturated heterocycles. The maximum absolute atomic E-state index is 13.9. The molecule has 0 bridgehead atoms. The summed E-state index contributed by atoms with van der Waals surface area (Å²) >= 11 is 0. The highest BCUT2D eigenvalue weighted by Crippen LogP contribution is 2.34. The first-order chi connectivity index (χ1) is 12.9. The van der Waals surface area contributed by atoms with Gasteiger partial charge in [0.25, 0.3) is 0 Å². The molecule has 0 spiro atoms. The molecule has 2 heterocycles. The normalized spacial score (nSPS) is 20.2. The van der Waals surface area contributed by atoms with Gasteiger partial charge in [-0.2, -0.15) is 0 Å². The third-order valence-corrected chi connectivity index (χ3v) is 4.97. The van der Waals surface area contributed by atoms with Crippen molar-refractivity contribution in [3.8, 4) is 0 Å². The lowest BCUT2D eigenvalue weighted by molar-refractivity contribution is -0.118. The summed E-state index contributed by atoms with van der Waals surface area (Å²) < 4.78 is 27.2. The number of carbonyl (C=O) groups excluding carboxylic acids is 1. The summed E-state index contributed by atoms with van der Waals surface area (Å²) in [4.78, 5) is 12.8. The Morgan fingerprint density at radius 2 is 1.81 bits per heavy atom. The smallest absolute Gasteiger partial charge is 0.210 e. The molecule has 3 nitrogen and oxygen atoms in total. The summed E-state index contributed by atoms with van der Waals surface area (Å²) in [6, 6.07) is 12.6. The van der Waals surface area contributed by atoms with Gasteiger partial charge in [0.2, 0.25) is 6.41 Å². The lowest BCUT2D eigenvalue weighted by Crippen LogP contribution is -2.51. The molecule has 4 rings (SSSR count). The van der Waals surface area contributed by atoms with Crippen LogP contribution in [0.25, 0.3) is 5.57 Å². The molecule has 27 heavy (non-hydrogen) atoms. The zero-order valence-electron chi connectivity index (χ0n) is 15.6. The predicted octanol–water partition coefficient (Wildman–Crippen LogP) is 4.32. The third-order valence-electron chi connectivity index (χ3n) is 4.97. The number of carbonyl (C=O) groups is 1. The summed E-state index contributed by atoms with van der Waals surface area (Å²) in [5.74, 6) is -0.977. The Morgan fingerprint density at radius 3 is 2.37 bits per heavy atom. The van der Waals surface area contributed by atoms with Crippen molar-refractivity contribution >= 4 is 12.0 Å². The van der Waals surface area contributed by atoms with Crippen molar-refractivity contribution in [1.82, 2.24) is 10.2 Å². The van der Waals surface area contributed by atoms with Crippen LogP contribution < -0.4 is 5.32 Å². The van der Waals surface area contributed by atoms with Gasteiger partial charge in [-0.15, -0.1) is 0 Å². The van der Waals surface area contributed by atoms with Crippen LogP contribution in [0.15, 0.2) is 54.6 Å². The topological polar surface area (TPSA) is 32.3 Å². The molecule has 1 unspecified atom stereocenters. The number of amides is 1. The Hall–Kier alpha value is -2.53. The molecule has 1 N–H and O–H groups in total. The second-order valence-corrected chi connectivity index (χ2v) is 7.51. The Kier molecular flexibility index (Phi) is 5.71. The number of hydrogen-bond acceptors (Lipinski definition) is 2. The van der Waals surface area contributed by atoms with Gasteiger partial charge in [0, 0.05) is 17.6 Å². The molecule has 142 valence electrons.